The van der Waals surface area contributed by atoms with E-state index in [0.717, 1.165) is 18.1 Å². The van der Waals surface area contributed by atoms with E-state index in [0.29, 0.717) is 11.1 Å². The molecule has 20 heavy (non-hydrogen) atoms. The number of ether oxygens (including phenoxy) is 1. The molecular weight excluding hydrogens is 274 g/mol. The normalized spacial score (nSPS) is 27.6. The molecule has 1 N–H and O–H groups in total. The Kier molecular flexibility index (Phi) is 3.22. The minimum Gasteiger partial charge on any atom is -0.367 e. The average molecular weight is 296 g/mol. The largest absolute Gasteiger partial charge is 0.367 e. The zero-order valence-electron chi connectivity index (χ0n) is 12.5. The van der Waals surface area contributed by atoms with Crippen molar-refractivity contribution in [3.8, 4) is 0 Å². The van der Waals surface area contributed by atoms with Gasteiger partial charge in [-0.2, -0.15) is 0 Å². The van der Waals surface area contributed by atoms with Crippen LogP contribution in [0.2, 0.25) is 5.15 Å². The third-order valence-electron chi connectivity index (χ3n) is 4.05. The Bertz CT molecular complexity index is 526. The Hall–Kier alpha value is -0.870. The zero-order chi connectivity index (χ0) is 14.5. The fourth-order valence-corrected chi connectivity index (χ4v) is 3.19. The Labute approximate surface area is 125 Å². The van der Waals surface area contributed by atoms with Gasteiger partial charge in [0.25, 0.3) is 0 Å². The van der Waals surface area contributed by atoms with Crippen molar-refractivity contribution < 1.29 is 4.74 Å². The molecule has 5 heteroatoms. The number of aromatic nitrogens is 2. The predicted octanol–water partition coefficient (Wildman–Crippen LogP) is 3.77. The van der Waals surface area contributed by atoms with Crippen LogP contribution in [0.25, 0.3) is 0 Å². The van der Waals surface area contributed by atoms with E-state index in [9.17, 15) is 0 Å². The molecule has 4 nitrogen and oxygen atoms in total. The molecule has 2 aliphatic rings. The lowest BCUT2D eigenvalue weighted by molar-refractivity contribution is -0.0662. The molecule has 1 aliphatic heterocycles. The molecule has 2 heterocycles. The average Bonchev–Trinajstić information content (AvgIpc) is 3.05. The first kappa shape index (κ1) is 14.1. The van der Waals surface area contributed by atoms with Gasteiger partial charge in [0.1, 0.15) is 16.8 Å². The second-order valence-corrected chi connectivity index (χ2v) is 7.46. The maximum Gasteiger partial charge on any atom is 0.135 e. The Morgan fingerprint density at radius 3 is 2.50 bits per heavy atom. The first-order chi connectivity index (χ1) is 9.25. The van der Waals surface area contributed by atoms with Gasteiger partial charge in [-0.05, 0) is 47.0 Å². The van der Waals surface area contributed by atoms with E-state index in [1.54, 1.807) is 6.07 Å². The number of hydrogen-bond donors (Lipinski definition) is 1. The molecule has 0 aromatic carbocycles. The highest BCUT2D eigenvalue weighted by atomic mass is 35.5. The van der Waals surface area contributed by atoms with Gasteiger partial charge in [0.2, 0.25) is 0 Å². The van der Waals surface area contributed by atoms with Gasteiger partial charge in [-0.15, -0.1) is 0 Å². The molecule has 0 bridgehead atoms. The summed E-state index contributed by atoms with van der Waals surface area (Å²) in [7, 11) is 0. The fourth-order valence-electron chi connectivity index (χ4n) is 3.00. The summed E-state index contributed by atoms with van der Waals surface area (Å²) in [5.41, 5.74) is -0.335. The second-order valence-electron chi connectivity index (χ2n) is 7.07. The van der Waals surface area contributed by atoms with E-state index >= 15 is 0 Å². The Balaban J connectivity index is 1.80. The summed E-state index contributed by atoms with van der Waals surface area (Å²) in [5, 5.41) is 4.00. The van der Waals surface area contributed by atoms with Gasteiger partial charge in [0.15, 0.2) is 0 Å². The first-order valence-electron chi connectivity index (χ1n) is 7.26. The quantitative estimate of drug-likeness (QED) is 0.863. The highest BCUT2D eigenvalue weighted by molar-refractivity contribution is 6.29. The molecule has 1 saturated heterocycles. The number of rotatable bonds is 3. The number of hydrogen-bond acceptors (Lipinski definition) is 4. The second kappa shape index (κ2) is 4.57. The predicted molar refractivity (Wildman–Crippen MR) is 80.3 cm³/mol. The Morgan fingerprint density at radius 1 is 1.25 bits per heavy atom. The summed E-state index contributed by atoms with van der Waals surface area (Å²) >= 11 is 6.11. The number of nitrogens with one attached hydrogen (secondary N) is 1. The lowest BCUT2D eigenvalue weighted by Gasteiger charge is -2.28. The lowest BCUT2D eigenvalue weighted by Crippen LogP contribution is -2.38. The molecule has 1 atom stereocenters. The molecule has 1 aromatic heterocycles. The molecule has 110 valence electrons. The molecule has 1 saturated carbocycles. The van der Waals surface area contributed by atoms with E-state index in [2.05, 4.69) is 43.0 Å². The molecule has 0 radical (unpaired) electrons. The van der Waals surface area contributed by atoms with Crippen LogP contribution in [0, 0.1) is 0 Å². The van der Waals surface area contributed by atoms with Gasteiger partial charge in [-0.3, -0.25) is 0 Å². The van der Waals surface area contributed by atoms with Crippen molar-refractivity contribution in [2.45, 2.75) is 70.1 Å². The van der Waals surface area contributed by atoms with Crippen molar-refractivity contribution in [2.24, 2.45) is 0 Å². The molecule has 3 rings (SSSR count). The van der Waals surface area contributed by atoms with E-state index in [1.165, 1.54) is 12.8 Å². The molecular formula is C15H22ClN3O. The van der Waals surface area contributed by atoms with Gasteiger partial charge >= 0.3 is 0 Å². The number of anilines is 1. The summed E-state index contributed by atoms with van der Waals surface area (Å²) in [6.45, 7) is 8.48. The van der Waals surface area contributed by atoms with Crippen molar-refractivity contribution >= 4 is 17.4 Å². The minimum absolute atomic E-state index is 0.114. The maximum atomic E-state index is 6.11. The molecule has 1 unspecified atom stereocenters. The van der Waals surface area contributed by atoms with E-state index < -0.39 is 0 Å². The van der Waals surface area contributed by atoms with Gasteiger partial charge < -0.3 is 10.1 Å². The molecule has 0 spiro atoms. The first-order valence-corrected chi connectivity index (χ1v) is 7.64. The smallest absolute Gasteiger partial charge is 0.135 e. The van der Waals surface area contributed by atoms with Crippen LogP contribution in [0.5, 0.6) is 0 Å². The van der Waals surface area contributed by atoms with Crippen LogP contribution < -0.4 is 5.32 Å². The van der Waals surface area contributed by atoms with Crippen molar-refractivity contribution in [3.63, 3.8) is 0 Å². The fraction of sp³-hybridized carbons (Fsp3) is 0.733. The van der Waals surface area contributed by atoms with Crippen LogP contribution >= 0.6 is 11.6 Å². The van der Waals surface area contributed by atoms with Crippen LogP contribution in [0.4, 0.5) is 5.82 Å². The van der Waals surface area contributed by atoms with Crippen LogP contribution in [-0.4, -0.2) is 27.2 Å². The van der Waals surface area contributed by atoms with Crippen molar-refractivity contribution in [1.82, 2.24) is 9.97 Å². The third kappa shape index (κ3) is 2.91. The van der Waals surface area contributed by atoms with E-state index in [1.807, 2.05) is 0 Å². The van der Waals surface area contributed by atoms with E-state index in [4.69, 9.17) is 16.3 Å². The van der Waals surface area contributed by atoms with Crippen LogP contribution in [0.15, 0.2) is 6.07 Å². The molecule has 1 aromatic rings. The van der Waals surface area contributed by atoms with Crippen molar-refractivity contribution in [2.75, 3.05) is 5.32 Å². The highest BCUT2D eigenvalue weighted by Gasteiger charge is 2.46. The van der Waals surface area contributed by atoms with E-state index in [-0.39, 0.29) is 17.2 Å². The summed E-state index contributed by atoms with van der Waals surface area (Å²) in [5.74, 6) is 2.18. The monoisotopic (exact) mass is 295 g/mol. The zero-order valence-corrected chi connectivity index (χ0v) is 13.3. The molecule has 1 aliphatic carbocycles. The summed E-state index contributed by atoms with van der Waals surface area (Å²) < 4.78 is 6.10. The maximum absolute atomic E-state index is 6.11. The SMILES string of the molecule is CC1(C)CC(Nc2cc(Cl)nc(C3CC3)n2)C(C)(C)O1. The third-order valence-corrected chi connectivity index (χ3v) is 4.24. The minimum atomic E-state index is -0.222. The number of nitrogens with zero attached hydrogens (tertiary/aromatic N) is 2. The van der Waals surface area contributed by atoms with Gasteiger partial charge in [0.05, 0.1) is 17.2 Å². The Morgan fingerprint density at radius 2 is 1.95 bits per heavy atom. The lowest BCUT2D eigenvalue weighted by atomic mass is 9.94. The summed E-state index contributed by atoms with van der Waals surface area (Å²) in [6, 6.07) is 2.02. The van der Waals surface area contributed by atoms with Crippen LogP contribution in [0.1, 0.15) is 58.7 Å². The van der Waals surface area contributed by atoms with Gasteiger partial charge in [-0.25, -0.2) is 9.97 Å². The highest BCUT2D eigenvalue weighted by Crippen LogP contribution is 2.40. The number of halogens is 1. The van der Waals surface area contributed by atoms with Crippen LogP contribution in [-0.2, 0) is 4.74 Å². The van der Waals surface area contributed by atoms with Gasteiger partial charge in [0, 0.05) is 12.0 Å². The standard InChI is InChI=1S/C15H22ClN3O/c1-14(2)8-10(15(3,4)20-14)17-12-7-11(16)18-13(19-12)9-5-6-9/h7,9-10H,5-6,8H2,1-4H3,(H,17,18,19). The topological polar surface area (TPSA) is 47.0 Å². The van der Waals surface area contributed by atoms with Gasteiger partial charge in [-0.1, -0.05) is 11.6 Å². The molecule has 2 fully saturated rings. The summed E-state index contributed by atoms with van der Waals surface area (Å²) in [6.07, 6.45) is 3.29. The van der Waals surface area contributed by atoms with Crippen molar-refractivity contribution in [1.29, 1.82) is 0 Å². The molecule has 0 amide bonds. The summed E-state index contributed by atoms with van der Waals surface area (Å²) in [4.78, 5) is 8.93. The van der Waals surface area contributed by atoms with Crippen LogP contribution in [0.3, 0.4) is 0 Å². The van der Waals surface area contributed by atoms with Crippen molar-refractivity contribution in [3.05, 3.63) is 17.0 Å².